The van der Waals surface area contributed by atoms with Crippen molar-refractivity contribution < 1.29 is 14.3 Å². The number of rotatable bonds is 8. The van der Waals surface area contributed by atoms with Gasteiger partial charge in [0.2, 0.25) is 5.88 Å². The summed E-state index contributed by atoms with van der Waals surface area (Å²) >= 11 is 0. The SMILES string of the molecule is CCN(CC)CCNC(=O)c1c(C)[nH]c(/C=C2\C(=O)Nc3ccc(-c4cnc5c(c4C)NCCO5)cc32)c1C. The van der Waals surface area contributed by atoms with Crippen LogP contribution < -0.4 is 20.7 Å². The van der Waals surface area contributed by atoms with Crippen molar-refractivity contribution in [3.8, 4) is 17.0 Å². The molecular weight excluding hydrogens is 492 g/mol. The van der Waals surface area contributed by atoms with E-state index < -0.39 is 0 Å². The number of aromatic amines is 1. The molecule has 2 aromatic heterocycles. The molecule has 0 aliphatic carbocycles. The number of aryl methyl sites for hydroxylation is 1. The molecule has 0 atom stereocenters. The minimum Gasteiger partial charge on any atom is -0.474 e. The average molecular weight is 529 g/mol. The van der Waals surface area contributed by atoms with E-state index in [1.54, 1.807) is 0 Å². The maximum absolute atomic E-state index is 13.0. The van der Waals surface area contributed by atoms with Gasteiger partial charge in [-0.25, -0.2) is 4.98 Å². The molecule has 0 saturated heterocycles. The van der Waals surface area contributed by atoms with Gasteiger partial charge in [-0.05, 0) is 68.8 Å². The molecule has 0 unspecified atom stereocenters. The lowest BCUT2D eigenvalue weighted by Gasteiger charge is -2.21. The maximum Gasteiger partial charge on any atom is 0.256 e. The second-order valence-corrected chi connectivity index (χ2v) is 9.97. The van der Waals surface area contributed by atoms with Crippen molar-refractivity contribution in [2.24, 2.45) is 0 Å². The molecule has 4 N–H and O–H groups in total. The number of nitrogens with zero attached hydrogens (tertiary/aromatic N) is 2. The number of fused-ring (bicyclic) bond motifs is 2. The van der Waals surface area contributed by atoms with Gasteiger partial charge in [0.05, 0.1) is 11.1 Å². The Morgan fingerprint density at radius 3 is 2.72 bits per heavy atom. The highest BCUT2D eigenvalue weighted by Crippen LogP contribution is 2.40. The lowest BCUT2D eigenvalue weighted by atomic mass is 9.96. The van der Waals surface area contributed by atoms with Gasteiger partial charge in [-0.3, -0.25) is 9.59 Å². The summed E-state index contributed by atoms with van der Waals surface area (Å²) in [5.74, 6) is 0.338. The van der Waals surface area contributed by atoms with Gasteiger partial charge in [0.15, 0.2) is 0 Å². The Kier molecular flexibility index (Phi) is 7.43. The van der Waals surface area contributed by atoms with Crippen molar-refractivity contribution in [3.05, 3.63) is 58.0 Å². The molecule has 2 aliphatic heterocycles. The van der Waals surface area contributed by atoms with Crippen molar-refractivity contribution in [1.29, 1.82) is 0 Å². The zero-order valence-corrected chi connectivity index (χ0v) is 23.2. The van der Waals surface area contributed by atoms with Crippen LogP contribution in [0, 0.1) is 20.8 Å². The van der Waals surface area contributed by atoms with E-state index in [0.29, 0.717) is 30.2 Å². The fraction of sp³-hybridized carbons (Fsp3) is 0.367. The van der Waals surface area contributed by atoms with Gasteiger partial charge in [0, 0.05) is 54.0 Å². The van der Waals surface area contributed by atoms with Crippen LogP contribution in [0.15, 0.2) is 24.4 Å². The summed E-state index contributed by atoms with van der Waals surface area (Å²) < 4.78 is 5.68. The van der Waals surface area contributed by atoms with Crippen molar-refractivity contribution in [2.75, 3.05) is 50.0 Å². The van der Waals surface area contributed by atoms with Crippen LogP contribution in [0.3, 0.4) is 0 Å². The first-order chi connectivity index (χ1) is 18.8. The number of carbonyl (C=O) groups excluding carboxylic acids is 2. The molecule has 2 amide bonds. The highest BCUT2D eigenvalue weighted by molar-refractivity contribution is 6.35. The number of benzene rings is 1. The summed E-state index contributed by atoms with van der Waals surface area (Å²) in [5, 5.41) is 9.40. The third-order valence-corrected chi connectivity index (χ3v) is 7.66. The number of anilines is 2. The van der Waals surface area contributed by atoms with Crippen LogP contribution in [0.4, 0.5) is 11.4 Å². The average Bonchev–Trinajstić information content (AvgIpc) is 3.40. The number of H-pyrrole nitrogens is 1. The van der Waals surface area contributed by atoms with Gasteiger partial charge in [0.25, 0.3) is 11.8 Å². The van der Waals surface area contributed by atoms with Crippen molar-refractivity contribution in [2.45, 2.75) is 34.6 Å². The monoisotopic (exact) mass is 528 g/mol. The zero-order chi connectivity index (χ0) is 27.7. The molecule has 0 radical (unpaired) electrons. The molecule has 39 heavy (non-hydrogen) atoms. The highest BCUT2D eigenvalue weighted by atomic mass is 16.5. The molecule has 0 bridgehead atoms. The van der Waals surface area contributed by atoms with Crippen LogP contribution in [0.5, 0.6) is 5.88 Å². The molecule has 2 aliphatic rings. The summed E-state index contributed by atoms with van der Waals surface area (Å²) in [7, 11) is 0. The third-order valence-electron chi connectivity index (χ3n) is 7.66. The minimum absolute atomic E-state index is 0.107. The van der Waals surface area contributed by atoms with Crippen molar-refractivity contribution in [3.63, 3.8) is 0 Å². The number of ether oxygens (including phenoxy) is 1. The number of hydrogen-bond donors (Lipinski definition) is 4. The molecule has 9 heteroatoms. The van der Waals surface area contributed by atoms with E-state index in [1.807, 2.05) is 51.2 Å². The Bertz CT molecular complexity index is 1470. The van der Waals surface area contributed by atoms with Crippen molar-refractivity contribution in [1.82, 2.24) is 20.2 Å². The number of hydrogen-bond acceptors (Lipinski definition) is 6. The number of pyridine rings is 1. The molecule has 9 nitrogen and oxygen atoms in total. The number of nitrogens with one attached hydrogen (secondary N) is 4. The van der Waals surface area contributed by atoms with Gasteiger partial charge in [-0.15, -0.1) is 0 Å². The first kappa shape index (κ1) is 26.5. The van der Waals surface area contributed by atoms with E-state index in [4.69, 9.17) is 4.74 Å². The minimum atomic E-state index is -0.172. The summed E-state index contributed by atoms with van der Waals surface area (Å²) in [6.07, 6.45) is 3.66. The van der Waals surface area contributed by atoms with Gasteiger partial charge in [0.1, 0.15) is 12.3 Å². The molecule has 3 aromatic rings. The van der Waals surface area contributed by atoms with Crippen molar-refractivity contribution >= 4 is 34.8 Å². The second kappa shape index (κ2) is 10.9. The summed E-state index contributed by atoms with van der Waals surface area (Å²) in [4.78, 5) is 36.1. The Balaban J connectivity index is 1.44. The Hall–Kier alpha value is -4.11. The van der Waals surface area contributed by atoms with Gasteiger partial charge in [-0.2, -0.15) is 0 Å². The highest BCUT2D eigenvalue weighted by Gasteiger charge is 2.27. The molecule has 0 spiro atoms. The molecular formula is C30H36N6O3. The molecule has 0 fully saturated rings. The lowest BCUT2D eigenvalue weighted by molar-refractivity contribution is -0.110. The standard InChI is InChI=1S/C30H36N6O3/c1-6-36(7-2)12-10-32-29(38)26-18(4)25(34-19(26)5)15-22-21-14-20(8-9-24(21)35-28(22)37)23-16-33-30-27(17(23)3)31-11-13-39-30/h8-9,14-16,31,34H,6-7,10-13H2,1-5H3,(H,32,38)(H,35,37)/b22-15-. The third kappa shape index (κ3) is 5.02. The molecule has 4 heterocycles. The molecule has 0 saturated carbocycles. The number of aromatic nitrogens is 2. The first-order valence-electron chi connectivity index (χ1n) is 13.6. The van der Waals surface area contributed by atoms with Gasteiger partial charge in [-0.1, -0.05) is 19.9 Å². The van der Waals surface area contributed by atoms with Crippen LogP contribution in [-0.4, -0.2) is 66.0 Å². The van der Waals surface area contributed by atoms with E-state index in [2.05, 4.69) is 44.7 Å². The topological polar surface area (TPSA) is 111 Å². The maximum atomic E-state index is 13.0. The van der Waals surface area contributed by atoms with E-state index in [1.165, 1.54) is 0 Å². The Morgan fingerprint density at radius 2 is 1.95 bits per heavy atom. The lowest BCUT2D eigenvalue weighted by Crippen LogP contribution is -2.35. The number of likely N-dealkylation sites (N-methyl/N-ethyl adjacent to an activating group) is 1. The van der Waals surface area contributed by atoms with Crippen LogP contribution in [0.25, 0.3) is 22.8 Å². The number of carbonyl (C=O) groups is 2. The number of amides is 2. The van der Waals surface area contributed by atoms with Crippen LogP contribution in [0.2, 0.25) is 0 Å². The van der Waals surface area contributed by atoms with Gasteiger partial charge >= 0.3 is 0 Å². The van der Waals surface area contributed by atoms with Crippen LogP contribution >= 0.6 is 0 Å². The van der Waals surface area contributed by atoms with Gasteiger partial charge < -0.3 is 30.6 Å². The predicted octanol–water partition coefficient (Wildman–Crippen LogP) is 4.37. The van der Waals surface area contributed by atoms with E-state index in [0.717, 1.165) is 76.8 Å². The summed E-state index contributed by atoms with van der Waals surface area (Å²) in [6, 6.07) is 5.94. The summed E-state index contributed by atoms with van der Waals surface area (Å²) in [6.45, 7) is 14.7. The largest absolute Gasteiger partial charge is 0.474 e. The molecule has 204 valence electrons. The Labute approximate surface area is 229 Å². The normalized spacial score (nSPS) is 15.0. The quantitative estimate of drug-likeness (QED) is 0.323. The van der Waals surface area contributed by atoms with Crippen LogP contribution in [-0.2, 0) is 4.79 Å². The molecule has 1 aromatic carbocycles. The fourth-order valence-electron chi connectivity index (χ4n) is 5.37. The Morgan fingerprint density at radius 1 is 1.15 bits per heavy atom. The predicted molar refractivity (Wildman–Crippen MR) is 155 cm³/mol. The fourth-order valence-corrected chi connectivity index (χ4v) is 5.37. The zero-order valence-electron chi connectivity index (χ0n) is 23.2. The second-order valence-electron chi connectivity index (χ2n) is 9.97. The first-order valence-corrected chi connectivity index (χ1v) is 13.6. The smallest absolute Gasteiger partial charge is 0.256 e. The van der Waals surface area contributed by atoms with E-state index >= 15 is 0 Å². The molecule has 5 rings (SSSR count). The van der Waals surface area contributed by atoms with E-state index in [-0.39, 0.29) is 11.8 Å². The van der Waals surface area contributed by atoms with E-state index in [9.17, 15) is 9.59 Å². The summed E-state index contributed by atoms with van der Waals surface area (Å²) in [5.41, 5.74) is 8.99. The van der Waals surface area contributed by atoms with Crippen LogP contribution in [0.1, 0.15) is 52.3 Å².